The predicted molar refractivity (Wildman–Crippen MR) is 115 cm³/mol. The molecule has 150 valence electrons. The van der Waals surface area contributed by atoms with Crippen LogP contribution in [0.5, 0.6) is 0 Å². The summed E-state index contributed by atoms with van der Waals surface area (Å²) in [6, 6.07) is 0. The van der Waals surface area contributed by atoms with E-state index in [4.69, 9.17) is 11.1 Å². The quantitative estimate of drug-likeness (QED) is 0.253. The van der Waals surface area contributed by atoms with Crippen LogP contribution in [0.1, 0.15) is 97.8 Å². The molecule has 0 bridgehead atoms. The summed E-state index contributed by atoms with van der Waals surface area (Å²) in [5, 5.41) is 8.06. The Balaban J connectivity index is 1.83. The topological polar surface area (TPSA) is 49.9 Å². The smallest absolute Gasteiger partial charge is 0.0152 e. The van der Waals surface area contributed by atoms with Crippen molar-refractivity contribution >= 4 is 5.71 Å². The highest BCUT2D eigenvalue weighted by Gasteiger charge is 2.39. The molecule has 0 aliphatic heterocycles. The van der Waals surface area contributed by atoms with E-state index in [0.717, 1.165) is 36.4 Å². The first-order valence-corrected chi connectivity index (χ1v) is 11.5. The molecule has 0 saturated heterocycles. The molecule has 2 aliphatic carbocycles. The van der Waals surface area contributed by atoms with Crippen LogP contribution in [-0.4, -0.2) is 12.3 Å². The second kappa shape index (κ2) is 10.6. The summed E-state index contributed by atoms with van der Waals surface area (Å²) in [5.41, 5.74) is 6.93. The highest BCUT2D eigenvalue weighted by atomic mass is 14.5. The third-order valence-electron chi connectivity index (χ3n) is 7.68. The van der Waals surface area contributed by atoms with Crippen molar-refractivity contribution in [3.05, 3.63) is 12.2 Å². The van der Waals surface area contributed by atoms with Gasteiger partial charge >= 0.3 is 0 Å². The maximum Gasteiger partial charge on any atom is 0.0152 e. The Labute approximate surface area is 162 Å². The molecule has 2 rings (SSSR count). The molecule has 0 aromatic heterocycles. The normalized spacial score (nSPS) is 33.6. The molecule has 0 aromatic rings. The lowest BCUT2D eigenvalue weighted by atomic mass is 9.72. The van der Waals surface area contributed by atoms with Crippen LogP contribution in [0.4, 0.5) is 0 Å². The van der Waals surface area contributed by atoms with E-state index in [0.29, 0.717) is 11.3 Å². The zero-order valence-corrected chi connectivity index (χ0v) is 17.7. The molecule has 0 aromatic carbocycles. The first-order chi connectivity index (χ1) is 12.5. The maximum atomic E-state index is 8.06. The Bertz CT molecular complexity index is 447. The van der Waals surface area contributed by atoms with Gasteiger partial charge < -0.3 is 11.1 Å². The van der Waals surface area contributed by atoms with Crippen molar-refractivity contribution in [1.82, 2.24) is 0 Å². The predicted octanol–water partition coefficient (Wildman–Crippen LogP) is 6.74. The van der Waals surface area contributed by atoms with Crippen molar-refractivity contribution in [2.75, 3.05) is 6.54 Å². The Morgan fingerprint density at radius 3 is 2.46 bits per heavy atom. The molecule has 0 spiro atoms. The van der Waals surface area contributed by atoms with E-state index in [-0.39, 0.29) is 0 Å². The van der Waals surface area contributed by atoms with E-state index in [9.17, 15) is 0 Å². The van der Waals surface area contributed by atoms with E-state index in [1.54, 1.807) is 0 Å². The fourth-order valence-electron chi connectivity index (χ4n) is 5.50. The number of nitrogens with two attached hydrogens (primary N) is 1. The van der Waals surface area contributed by atoms with Gasteiger partial charge in [0.1, 0.15) is 0 Å². The fraction of sp³-hybridized carbons (Fsp3) is 0.875. The molecule has 2 saturated carbocycles. The highest BCUT2D eigenvalue weighted by Crippen LogP contribution is 2.51. The summed E-state index contributed by atoms with van der Waals surface area (Å²) in [7, 11) is 0. The van der Waals surface area contributed by atoms with Gasteiger partial charge in [0, 0.05) is 11.6 Å². The first kappa shape index (κ1) is 21.7. The van der Waals surface area contributed by atoms with E-state index in [2.05, 4.69) is 32.9 Å². The van der Waals surface area contributed by atoms with E-state index < -0.39 is 0 Å². The number of unbranched alkanes of at least 4 members (excludes halogenated alkanes) is 1. The van der Waals surface area contributed by atoms with E-state index >= 15 is 0 Å². The summed E-state index contributed by atoms with van der Waals surface area (Å²) in [5.74, 6) is 3.22. The first-order valence-electron chi connectivity index (χ1n) is 11.5. The van der Waals surface area contributed by atoms with Gasteiger partial charge in [-0.1, -0.05) is 58.6 Å². The van der Waals surface area contributed by atoms with Gasteiger partial charge in [-0.3, -0.25) is 0 Å². The molecule has 2 heteroatoms. The standard InChI is InChI=1S/C24H44N2/c1-4-23(26)19(3)13-15-24(5-2)16-14-22(18-24)21-11-9-20(10-12-21)8-6-7-17-25/h13,15,19-22,26H,4-12,14,16-18,25H2,1-3H3/b15-13+,26-23?. The molecule has 2 nitrogen and oxygen atoms in total. The second-order valence-electron chi connectivity index (χ2n) is 9.31. The van der Waals surface area contributed by atoms with Crippen molar-refractivity contribution in [1.29, 1.82) is 5.41 Å². The lowest BCUT2D eigenvalue weighted by Gasteiger charge is -2.33. The minimum absolute atomic E-state index is 0.312. The van der Waals surface area contributed by atoms with Crippen molar-refractivity contribution in [3.8, 4) is 0 Å². The zero-order chi connectivity index (χ0) is 19.0. The van der Waals surface area contributed by atoms with Gasteiger partial charge in [-0.15, -0.1) is 0 Å². The molecule has 0 heterocycles. The Morgan fingerprint density at radius 2 is 1.85 bits per heavy atom. The van der Waals surface area contributed by atoms with Crippen molar-refractivity contribution in [3.63, 3.8) is 0 Å². The van der Waals surface area contributed by atoms with Crippen molar-refractivity contribution in [2.45, 2.75) is 97.8 Å². The number of nitrogens with one attached hydrogen (secondary N) is 1. The summed E-state index contributed by atoms with van der Waals surface area (Å²) in [6.45, 7) is 7.52. The molecule has 3 atom stereocenters. The average Bonchev–Trinajstić information content (AvgIpc) is 3.11. The van der Waals surface area contributed by atoms with Crippen LogP contribution >= 0.6 is 0 Å². The van der Waals surface area contributed by atoms with Crippen LogP contribution in [-0.2, 0) is 0 Å². The Kier molecular flexibility index (Phi) is 8.87. The van der Waals surface area contributed by atoms with Crippen LogP contribution in [0.3, 0.4) is 0 Å². The molecule has 2 aliphatic rings. The monoisotopic (exact) mass is 360 g/mol. The molecular formula is C24H44N2. The van der Waals surface area contributed by atoms with Gasteiger partial charge in [0.25, 0.3) is 0 Å². The third kappa shape index (κ3) is 5.94. The van der Waals surface area contributed by atoms with Gasteiger partial charge in [-0.2, -0.15) is 0 Å². The summed E-state index contributed by atoms with van der Waals surface area (Å²) >= 11 is 0. The van der Waals surface area contributed by atoms with Crippen LogP contribution in [0.2, 0.25) is 0 Å². The third-order valence-corrected chi connectivity index (χ3v) is 7.68. The second-order valence-corrected chi connectivity index (χ2v) is 9.31. The molecule has 2 fully saturated rings. The summed E-state index contributed by atoms with van der Waals surface area (Å²) < 4.78 is 0. The summed E-state index contributed by atoms with van der Waals surface area (Å²) in [6.07, 6.45) is 21.0. The molecule has 3 N–H and O–H groups in total. The van der Waals surface area contributed by atoms with Crippen LogP contribution in [0, 0.1) is 34.5 Å². The Hall–Kier alpha value is -0.630. The molecule has 0 radical (unpaired) electrons. The Morgan fingerprint density at radius 1 is 1.12 bits per heavy atom. The minimum Gasteiger partial charge on any atom is -0.330 e. The highest BCUT2D eigenvalue weighted by molar-refractivity contribution is 5.84. The van der Waals surface area contributed by atoms with Gasteiger partial charge in [-0.25, -0.2) is 0 Å². The van der Waals surface area contributed by atoms with E-state index in [1.165, 1.54) is 70.6 Å². The number of rotatable bonds is 10. The molecule has 0 amide bonds. The van der Waals surface area contributed by atoms with Crippen LogP contribution < -0.4 is 5.73 Å². The largest absolute Gasteiger partial charge is 0.330 e. The lowest BCUT2D eigenvalue weighted by Crippen LogP contribution is -2.22. The molecule has 3 unspecified atom stereocenters. The SMILES string of the molecule is CCC(=N)C(C)/C=C/C1(CC)CCC(C2CCC(CCCCN)CC2)C1. The summed E-state index contributed by atoms with van der Waals surface area (Å²) in [4.78, 5) is 0. The lowest BCUT2D eigenvalue weighted by molar-refractivity contribution is 0.189. The number of hydrogen-bond acceptors (Lipinski definition) is 2. The van der Waals surface area contributed by atoms with Gasteiger partial charge in [0.15, 0.2) is 0 Å². The zero-order valence-electron chi connectivity index (χ0n) is 17.7. The van der Waals surface area contributed by atoms with Crippen LogP contribution in [0.15, 0.2) is 12.2 Å². The van der Waals surface area contributed by atoms with Crippen molar-refractivity contribution < 1.29 is 0 Å². The average molecular weight is 361 g/mol. The van der Waals surface area contributed by atoms with Crippen molar-refractivity contribution in [2.24, 2.45) is 34.8 Å². The molecule has 26 heavy (non-hydrogen) atoms. The van der Waals surface area contributed by atoms with E-state index in [1.807, 2.05) is 0 Å². The maximum absolute atomic E-state index is 8.06. The number of hydrogen-bond donors (Lipinski definition) is 2. The van der Waals surface area contributed by atoms with Gasteiger partial charge in [0.2, 0.25) is 0 Å². The number of allylic oxidation sites excluding steroid dienone is 2. The van der Waals surface area contributed by atoms with Crippen LogP contribution in [0.25, 0.3) is 0 Å². The van der Waals surface area contributed by atoms with Gasteiger partial charge in [0.05, 0.1) is 0 Å². The molecular weight excluding hydrogens is 316 g/mol. The fourth-order valence-corrected chi connectivity index (χ4v) is 5.50. The van der Waals surface area contributed by atoms with Gasteiger partial charge in [-0.05, 0) is 81.1 Å². The minimum atomic E-state index is 0.312.